The molecule has 0 saturated carbocycles. The van der Waals surface area contributed by atoms with Crippen LogP contribution in [0, 0.1) is 0 Å². The summed E-state index contributed by atoms with van der Waals surface area (Å²) in [6.07, 6.45) is 2.81. The third kappa shape index (κ3) is 4.15. The second-order valence-electron chi connectivity index (χ2n) is 7.08. The van der Waals surface area contributed by atoms with Gasteiger partial charge in [-0.1, -0.05) is 68.1 Å². The van der Waals surface area contributed by atoms with E-state index >= 15 is 0 Å². The fourth-order valence-corrected chi connectivity index (χ4v) is 4.53. The first-order valence-corrected chi connectivity index (χ1v) is 10.9. The van der Waals surface area contributed by atoms with Gasteiger partial charge in [0.2, 0.25) is 11.1 Å². The molecule has 0 bridgehead atoms. The molecule has 1 aromatic heterocycles. The Bertz CT molecular complexity index is 971. The molecule has 2 N–H and O–H groups in total. The van der Waals surface area contributed by atoms with Crippen molar-refractivity contribution >= 4 is 23.4 Å². The van der Waals surface area contributed by atoms with Crippen LogP contribution in [0.3, 0.4) is 0 Å². The van der Waals surface area contributed by atoms with E-state index in [1.807, 2.05) is 35.0 Å². The van der Waals surface area contributed by atoms with E-state index in [2.05, 4.69) is 59.1 Å². The Kier molecular flexibility index (Phi) is 5.85. The standard InChI is InChI=1S/C22H25N5OS/c1-3-8-18-24-25-22-27(18)26-19(16-13-11-15(4-2)12-14-16)20(29-22)21(28)23-17-9-6-5-7-10-17/h5-7,9-14,19-20,26H,3-4,8H2,1-2H3,(H,23,28)/t19-,20-/m0/s1. The lowest BCUT2D eigenvalue weighted by atomic mass is 10.0. The van der Waals surface area contributed by atoms with Gasteiger partial charge in [0.05, 0.1) is 6.04 Å². The molecule has 2 aromatic carbocycles. The number of benzene rings is 2. The number of aryl methyl sites for hydroxylation is 2. The van der Waals surface area contributed by atoms with Gasteiger partial charge in [0.15, 0.2) is 5.82 Å². The van der Waals surface area contributed by atoms with Crippen LogP contribution in [0.4, 0.5) is 5.69 Å². The fourth-order valence-electron chi connectivity index (χ4n) is 3.43. The summed E-state index contributed by atoms with van der Waals surface area (Å²) in [6, 6.07) is 17.8. The van der Waals surface area contributed by atoms with Crippen molar-refractivity contribution in [1.82, 2.24) is 14.9 Å². The van der Waals surface area contributed by atoms with Crippen molar-refractivity contribution in [1.29, 1.82) is 0 Å². The quantitative estimate of drug-likeness (QED) is 0.641. The number of carbonyl (C=O) groups is 1. The van der Waals surface area contributed by atoms with E-state index in [4.69, 9.17) is 0 Å². The predicted molar refractivity (Wildman–Crippen MR) is 117 cm³/mol. The largest absolute Gasteiger partial charge is 0.325 e. The highest BCUT2D eigenvalue weighted by molar-refractivity contribution is 8.00. The lowest BCUT2D eigenvalue weighted by Gasteiger charge is -2.33. The highest BCUT2D eigenvalue weighted by atomic mass is 32.2. The third-order valence-corrected chi connectivity index (χ3v) is 6.24. The molecule has 0 aliphatic carbocycles. The Balaban J connectivity index is 1.66. The molecule has 150 valence electrons. The molecule has 3 aromatic rings. The van der Waals surface area contributed by atoms with Gasteiger partial charge in [-0.2, -0.15) is 0 Å². The Morgan fingerprint density at radius 1 is 1.10 bits per heavy atom. The van der Waals surface area contributed by atoms with E-state index in [1.54, 1.807) is 0 Å². The number of para-hydroxylation sites is 1. The summed E-state index contributed by atoms with van der Waals surface area (Å²) in [7, 11) is 0. The van der Waals surface area contributed by atoms with Crippen molar-refractivity contribution < 1.29 is 4.79 Å². The summed E-state index contributed by atoms with van der Waals surface area (Å²) < 4.78 is 1.94. The van der Waals surface area contributed by atoms with E-state index < -0.39 is 0 Å². The maximum atomic E-state index is 13.2. The maximum Gasteiger partial charge on any atom is 0.240 e. The zero-order valence-corrected chi connectivity index (χ0v) is 17.4. The molecule has 0 radical (unpaired) electrons. The average molecular weight is 408 g/mol. The molecule has 1 aliphatic rings. The maximum absolute atomic E-state index is 13.2. The number of carbonyl (C=O) groups excluding carboxylic acids is 1. The molecule has 1 aliphatic heterocycles. The minimum Gasteiger partial charge on any atom is -0.325 e. The SMILES string of the molecule is CCCc1nnc2n1N[C@@H](c1ccc(CC)cc1)[C@@H](C(=O)Nc1ccccc1)S2. The van der Waals surface area contributed by atoms with Gasteiger partial charge in [0.25, 0.3) is 0 Å². The number of fused-ring (bicyclic) bond motifs is 1. The Morgan fingerprint density at radius 3 is 2.55 bits per heavy atom. The van der Waals surface area contributed by atoms with Crippen LogP contribution in [-0.2, 0) is 17.6 Å². The van der Waals surface area contributed by atoms with Crippen molar-refractivity contribution in [3.05, 3.63) is 71.5 Å². The fraction of sp³-hybridized carbons (Fsp3) is 0.318. The number of thioether (sulfide) groups is 1. The van der Waals surface area contributed by atoms with E-state index in [0.29, 0.717) is 0 Å². The van der Waals surface area contributed by atoms with Crippen molar-refractivity contribution in [3.8, 4) is 0 Å². The first kappa shape index (κ1) is 19.5. The number of anilines is 1. The zero-order valence-electron chi connectivity index (χ0n) is 16.6. The summed E-state index contributed by atoms with van der Waals surface area (Å²) >= 11 is 1.46. The highest BCUT2D eigenvalue weighted by Gasteiger charge is 2.37. The molecule has 0 spiro atoms. The molecule has 2 atom stereocenters. The van der Waals surface area contributed by atoms with Crippen LogP contribution in [0.5, 0.6) is 0 Å². The summed E-state index contributed by atoms with van der Waals surface area (Å²) in [5.41, 5.74) is 6.65. The average Bonchev–Trinajstić information content (AvgIpc) is 3.16. The Labute approximate surface area is 175 Å². The minimum absolute atomic E-state index is 0.0513. The van der Waals surface area contributed by atoms with Crippen molar-refractivity contribution in [2.75, 3.05) is 10.7 Å². The normalized spacial score (nSPS) is 18.0. The van der Waals surface area contributed by atoms with Crippen LogP contribution in [0.1, 0.15) is 43.3 Å². The summed E-state index contributed by atoms with van der Waals surface area (Å²) in [5.74, 6) is 0.844. The van der Waals surface area contributed by atoms with Crippen LogP contribution in [0.2, 0.25) is 0 Å². The smallest absolute Gasteiger partial charge is 0.240 e. The minimum atomic E-state index is -0.367. The molecule has 2 heterocycles. The predicted octanol–water partition coefficient (Wildman–Crippen LogP) is 4.19. The monoisotopic (exact) mass is 407 g/mol. The molecule has 29 heavy (non-hydrogen) atoms. The van der Waals surface area contributed by atoms with E-state index in [0.717, 1.165) is 41.5 Å². The van der Waals surface area contributed by atoms with Crippen molar-refractivity contribution in [2.24, 2.45) is 0 Å². The van der Waals surface area contributed by atoms with Crippen LogP contribution in [0.25, 0.3) is 0 Å². The first-order chi connectivity index (χ1) is 14.2. The van der Waals surface area contributed by atoms with E-state index in [1.165, 1.54) is 17.3 Å². The Morgan fingerprint density at radius 2 is 1.86 bits per heavy atom. The van der Waals surface area contributed by atoms with Gasteiger partial charge in [-0.3, -0.25) is 4.79 Å². The van der Waals surface area contributed by atoms with Gasteiger partial charge in [-0.25, -0.2) is 4.68 Å². The second-order valence-corrected chi connectivity index (χ2v) is 8.19. The molecule has 0 fully saturated rings. The lowest BCUT2D eigenvalue weighted by molar-refractivity contribution is -0.116. The first-order valence-electron chi connectivity index (χ1n) is 10.0. The van der Waals surface area contributed by atoms with E-state index in [9.17, 15) is 4.79 Å². The number of rotatable bonds is 6. The number of hydrogen-bond donors (Lipinski definition) is 2. The topological polar surface area (TPSA) is 71.8 Å². The number of aromatic nitrogens is 3. The second kappa shape index (κ2) is 8.69. The van der Waals surface area contributed by atoms with Crippen LogP contribution in [0.15, 0.2) is 59.8 Å². The summed E-state index contributed by atoms with van der Waals surface area (Å²) in [4.78, 5) is 13.2. The van der Waals surface area contributed by atoms with Gasteiger partial charge >= 0.3 is 0 Å². The molecular weight excluding hydrogens is 382 g/mol. The molecule has 0 saturated heterocycles. The summed E-state index contributed by atoms with van der Waals surface area (Å²) in [6.45, 7) is 4.26. The highest BCUT2D eigenvalue weighted by Crippen LogP contribution is 2.37. The lowest BCUT2D eigenvalue weighted by Crippen LogP contribution is -2.41. The molecule has 7 heteroatoms. The van der Waals surface area contributed by atoms with Gasteiger partial charge in [0, 0.05) is 12.1 Å². The van der Waals surface area contributed by atoms with Crippen LogP contribution < -0.4 is 10.7 Å². The molecule has 6 nitrogen and oxygen atoms in total. The van der Waals surface area contributed by atoms with Crippen molar-refractivity contribution in [3.63, 3.8) is 0 Å². The number of nitrogens with one attached hydrogen (secondary N) is 2. The van der Waals surface area contributed by atoms with Gasteiger partial charge < -0.3 is 10.7 Å². The molecule has 4 rings (SSSR count). The Hall–Kier alpha value is -2.80. The van der Waals surface area contributed by atoms with Crippen molar-refractivity contribution in [2.45, 2.75) is 49.6 Å². The number of hydrogen-bond acceptors (Lipinski definition) is 5. The van der Waals surface area contributed by atoms with E-state index in [-0.39, 0.29) is 17.2 Å². The molecule has 1 amide bonds. The number of nitrogens with zero attached hydrogens (tertiary/aromatic N) is 3. The van der Waals surface area contributed by atoms with Gasteiger partial charge in [0.1, 0.15) is 5.25 Å². The summed E-state index contributed by atoms with van der Waals surface area (Å²) in [5, 5.41) is 12.0. The zero-order chi connectivity index (χ0) is 20.2. The van der Waals surface area contributed by atoms with Gasteiger partial charge in [-0.15, -0.1) is 10.2 Å². The third-order valence-electron chi connectivity index (χ3n) is 5.02. The van der Waals surface area contributed by atoms with Crippen LogP contribution >= 0.6 is 11.8 Å². The van der Waals surface area contributed by atoms with Gasteiger partial charge in [-0.05, 0) is 36.1 Å². The molecular formula is C22H25N5OS. The molecule has 0 unspecified atom stereocenters. The number of amides is 1. The van der Waals surface area contributed by atoms with Crippen LogP contribution in [-0.4, -0.2) is 26.0 Å².